The van der Waals surface area contributed by atoms with Gasteiger partial charge in [0, 0.05) is 37.8 Å². The van der Waals surface area contributed by atoms with Crippen LogP contribution in [0, 0.1) is 0 Å². The van der Waals surface area contributed by atoms with Crippen LogP contribution in [0.3, 0.4) is 0 Å². The van der Waals surface area contributed by atoms with Gasteiger partial charge in [0.2, 0.25) is 0 Å². The van der Waals surface area contributed by atoms with Crippen LogP contribution in [0.15, 0.2) is 42.7 Å². The van der Waals surface area contributed by atoms with Crippen LogP contribution in [0.2, 0.25) is 0 Å². The number of aromatic nitrogens is 2. The maximum atomic E-state index is 12.9. The molecule has 3 atom stereocenters. The summed E-state index contributed by atoms with van der Waals surface area (Å²) in [5.74, 6) is 1.54. The Hall–Kier alpha value is -2.47. The van der Waals surface area contributed by atoms with Crippen LogP contribution in [0.25, 0.3) is 0 Å². The number of benzene rings is 1. The number of hydrogen-bond donors (Lipinski definition) is 1. The van der Waals surface area contributed by atoms with E-state index in [-0.39, 0.29) is 24.3 Å². The molecule has 0 spiro atoms. The molecule has 29 heavy (non-hydrogen) atoms. The highest BCUT2D eigenvalue weighted by Gasteiger charge is 2.43. The Morgan fingerprint density at radius 1 is 1.14 bits per heavy atom. The third-order valence-electron chi connectivity index (χ3n) is 6.30. The van der Waals surface area contributed by atoms with Gasteiger partial charge in [0.05, 0.1) is 18.2 Å². The number of piperidine rings is 1. The van der Waals surface area contributed by atoms with E-state index in [2.05, 4.69) is 27.4 Å². The quantitative estimate of drug-likeness (QED) is 0.844. The molecule has 6 nitrogen and oxygen atoms in total. The topological polar surface area (TPSA) is 67.4 Å². The molecule has 0 unspecified atom stereocenters. The molecule has 5 rings (SSSR count). The minimum Gasteiger partial charge on any atom is -0.368 e. The summed E-state index contributed by atoms with van der Waals surface area (Å²) in [6.45, 7) is 1.40. The molecule has 1 aromatic carbocycles. The van der Waals surface area contributed by atoms with Crippen molar-refractivity contribution >= 4 is 6.03 Å². The van der Waals surface area contributed by atoms with Crippen molar-refractivity contribution in [1.29, 1.82) is 0 Å². The number of fused-ring (bicyclic) bond motifs is 1. The molecule has 1 aliphatic carbocycles. The molecular weight excluding hydrogens is 364 g/mol. The summed E-state index contributed by atoms with van der Waals surface area (Å²) in [6.07, 6.45) is 10.1. The largest absolute Gasteiger partial charge is 0.368 e. The highest BCUT2D eigenvalue weighted by molar-refractivity contribution is 5.74. The van der Waals surface area contributed by atoms with Gasteiger partial charge < -0.3 is 15.0 Å². The first kappa shape index (κ1) is 18.6. The second-order valence-corrected chi connectivity index (χ2v) is 8.42. The van der Waals surface area contributed by atoms with E-state index >= 15 is 0 Å². The molecule has 0 bridgehead atoms. The number of hydrogen-bond acceptors (Lipinski definition) is 4. The lowest BCUT2D eigenvalue weighted by molar-refractivity contribution is 0.00557. The Kier molecular flexibility index (Phi) is 5.19. The Morgan fingerprint density at radius 2 is 1.93 bits per heavy atom. The Balaban J connectivity index is 1.15. The second kappa shape index (κ2) is 8.11. The molecule has 6 heteroatoms. The summed E-state index contributed by atoms with van der Waals surface area (Å²) in [4.78, 5) is 23.8. The number of carbonyl (C=O) groups excluding carboxylic acids is 1. The summed E-state index contributed by atoms with van der Waals surface area (Å²) in [6, 6.07) is 10.5. The fourth-order valence-corrected chi connectivity index (χ4v) is 4.54. The minimum absolute atomic E-state index is 0.0209. The normalized spacial score (nSPS) is 26.2. The Labute approximate surface area is 171 Å². The van der Waals surface area contributed by atoms with E-state index in [0.29, 0.717) is 12.5 Å². The van der Waals surface area contributed by atoms with Gasteiger partial charge in [0.25, 0.3) is 0 Å². The van der Waals surface area contributed by atoms with Gasteiger partial charge in [0.1, 0.15) is 5.82 Å². The summed E-state index contributed by atoms with van der Waals surface area (Å²) in [5.41, 5.74) is 2.27. The maximum absolute atomic E-state index is 12.9. The molecule has 3 aliphatic rings. The highest BCUT2D eigenvalue weighted by atomic mass is 16.5. The fraction of sp³-hybridized carbons (Fsp3) is 0.522. The zero-order chi connectivity index (χ0) is 19.6. The summed E-state index contributed by atoms with van der Waals surface area (Å²) in [7, 11) is 0. The standard InChI is InChI=1S/C23H28N4O2/c28-23(24-11-10-16-14-25-22(26-15-16)18-8-9-18)27-12-4-7-20-19(27)13-21(29-20)17-5-2-1-3-6-17/h1-3,5-6,14-15,18-21H,4,7-13H2,(H,24,28)/t19-,20-,21-/m0/s1. The lowest BCUT2D eigenvalue weighted by atomic mass is 9.96. The molecule has 2 saturated heterocycles. The van der Waals surface area contributed by atoms with Crippen LogP contribution in [-0.4, -0.2) is 46.1 Å². The lowest BCUT2D eigenvalue weighted by Crippen LogP contribution is -2.52. The molecule has 1 N–H and O–H groups in total. The van der Waals surface area contributed by atoms with Crippen molar-refractivity contribution in [1.82, 2.24) is 20.2 Å². The zero-order valence-corrected chi connectivity index (χ0v) is 16.7. The predicted molar refractivity (Wildman–Crippen MR) is 110 cm³/mol. The Bertz CT molecular complexity index is 838. The van der Waals surface area contributed by atoms with Crippen LogP contribution in [0.5, 0.6) is 0 Å². The molecule has 1 saturated carbocycles. The molecule has 2 aliphatic heterocycles. The van der Waals surface area contributed by atoms with Gasteiger partial charge in [-0.15, -0.1) is 0 Å². The van der Waals surface area contributed by atoms with Gasteiger partial charge in [0.15, 0.2) is 0 Å². The zero-order valence-electron chi connectivity index (χ0n) is 16.7. The SMILES string of the molecule is O=C(NCCc1cnc(C2CC2)nc1)N1CCC[C@@H]2O[C@H](c3ccccc3)C[C@@H]21. The van der Waals surface area contributed by atoms with Crippen molar-refractivity contribution in [2.45, 2.75) is 62.7 Å². The van der Waals surface area contributed by atoms with Crippen molar-refractivity contribution in [3.63, 3.8) is 0 Å². The van der Waals surface area contributed by atoms with Crippen molar-refractivity contribution < 1.29 is 9.53 Å². The van der Waals surface area contributed by atoms with E-state index in [9.17, 15) is 4.79 Å². The average molecular weight is 393 g/mol. The second-order valence-electron chi connectivity index (χ2n) is 8.42. The summed E-state index contributed by atoms with van der Waals surface area (Å²) in [5, 5.41) is 3.09. The van der Waals surface area contributed by atoms with Crippen molar-refractivity contribution in [3.05, 3.63) is 59.7 Å². The van der Waals surface area contributed by atoms with Crippen molar-refractivity contribution in [3.8, 4) is 0 Å². The maximum Gasteiger partial charge on any atom is 0.317 e. The van der Waals surface area contributed by atoms with Gasteiger partial charge in [-0.25, -0.2) is 14.8 Å². The molecule has 2 aromatic rings. The summed E-state index contributed by atoms with van der Waals surface area (Å²) >= 11 is 0. The van der Waals surface area contributed by atoms with E-state index < -0.39 is 0 Å². The number of likely N-dealkylation sites (tertiary alicyclic amines) is 1. The molecule has 152 valence electrons. The minimum atomic E-state index is 0.0209. The number of nitrogens with one attached hydrogen (secondary N) is 1. The third-order valence-corrected chi connectivity index (χ3v) is 6.30. The smallest absolute Gasteiger partial charge is 0.317 e. The van der Waals surface area contributed by atoms with E-state index in [1.54, 1.807) is 0 Å². The molecule has 1 aromatic heterocycles. The first-order valence-electron chi connectivity index (χ1n) is 10.8. The van der Waals surface area contributed by atoms with E-state index in [1.807, 2.05) is 35.5 Å². The van der Waals surface area contributed by atoms with E-state index in [1.165, 1.54) is 18.4 Å². The number of rotatable bonds is 5. The van der Waals surface area contributed by atoms with Gasteiger partial charge in [-0.1, -0.05) is 30.3 Å². The van der Waals surface area contributed by atoms with E-state index in [4.69, 9.17) is 4.74 Å². The van der Waals surface area contributed by atoms with E-state index in [0.717, 1.165) is 43.6 Å². The van der Waals surface area contributed by atoms with Crippen LogP contribution in [0.4, 0.5) is 4.79 Å². The molecule has 3 fully saturated rings. The number of carbonyl (C=O) groups is 1. The first-order valence-corrected chi connectivity index (χ1v) is 10.8. The van der Waals surface area contributed by atoms with Crippen molar-refractivity contribution in [2.75, 3.05) is 13.1 Å². The van der Waals surface area contributed by atoms with Crippen LogP contribution < -0.4 is 5.32 Å². The van der Waals surface area contributed by atoms with Gasteiger partial charge in [-0.2, -0.15) is 0 Å². The number of ether oxygens (including phenoxy) is 1. The number of amides is 2. The van der Waals surface area contributed by atoms with Gasteiger partial charge in [-0.3, -0.25) is 0 Å². The van der Waals surface area contributed by atoms with Crippen LogP contribution in [-0.2, 0) is 11.2 Å². The number of nitrogens with zero attached hydrogens (tertiary/aromatic N) is 3. The third kappa shape index (κ3) is 4.13. The van der Waals surface area contributed by atoms with Crippen LogP contribution in [0.1, 0.15) is 61.1 Å². The van der Waals surface area contributed by atoms with Gasteiger partial charge in [-0.05, 0) is 43.2 Å². The fourth-order valence-electron chi connectivity index (χ4n) is 4.54. The lowest BCUT2D eigenvalue weighted by Gasteiger charge is -2.36. The van der Waals surface area contributed by atoms with Crippen molar-refractivity contribution in [2.24, 2.45) is 0 Å². The summed E-state index contributed by atoms with van der Waals surface area (Å²) < 4.78 is 6.30. The molecular formula is C23H28N4O2. The predicted octanol–water partition coefficient (Wildman–Crippen LogP) is 3.60. The molecule has 3 heterocycles. The first-order chi connectivity index (χ1) is 14.3. The Morgan fingerprint density at radius 3 is 2.69 bits per heavy atom. The number of urea groups is 1. The molecule has 0 radical (unpaired) electrons. The average Bonchev–Trinajstić information content (AvgIpc) is 3.52. The highest BCUT2D eigenvalue weighted by Crippen LogP contribution is 2.39. The molecule has 2 amide bonds. The monoisotopic (exact) mass is 392 g/mol. The van der Waals surface area contributed by atoms with Crippen LogP contribution >= 0.6 is 0 Å². The van der Waals surface area contributed by atoms with Gasteiger partial charge >= 0.3 is 6.03 Å².